The second kappa shape index (κ2) is 4.87. The van der Waals surface area contributed by atoms with E-state index in [9.17, 15) is 9.90 Å². The SMILES string of the molecule is Cc1nccn1C1CCN(C(=O)O)C(C(C)(C)C)C1. The van der Waals surface area contributed by atoms with Crippen molar-refractivity contribution in [3.63, 3.8) is 0 Å². The van der Waals surface area contributed by atoms with Crippen LogP contribution in [0.3, 0.4) is 0 Å². The van der Waals surface area contributed by atoms with E-state index in [2.05, 4.69) is 30.3 Å². The number of imidazole rings is 1. The lowest BCUT2D eigenvalue weighted by atomic mass is 9.79. The van der Waals surface area contributed by atoms with E-state index >= 15 is 0 Å². The van der Waals surface area contributed by atoms with Crippen LogP contribution in [-0.4, -0.2) is 38.2 Å². The topological polar surface area (TPSA) is 58.4 Å². The summed E-state index contributed by atoms with van der Waals surface area (Å²) in [5, 5.41) is 9.35. The third-order valence-corrected chi connectivity index (χ3v) is 4.08. The van der Waals surface area contributed by atoms with Crippen LogP contribution in [0.2, 0.25) is 0 Å². The summed E-state index contributed by atoms with van der Waals surface area (Å²) in [6.07, 6.45) is 4.71. The molecule has 0 aromatic carbocycles. The Morgan fingerprint density at radius 1 is 1.47 bits per heavy atom. The van der Waals surface area contributed by atoms with Crippen LogP contribution in [0.4, 0.5) is 4.79 Å². The van der Waals surface area contributed by atoms with E-state index in [0.717, 1.165) is 18.7 Å². The molecule has 2 rings (SSSR count). The highest BCUT2D eigenvalue weighted by molar-refractivity contribution is 5.65. The van der Waals surface area contributed by atoms with Gasteiger partial charge in [0.2, 0.25) is 0 Å². The smallest absolute Gasteiger partial charge is 0.407 e. The Morgan fingerprint density at radius 2 is 2.16 bits per heavy atom. The van der Waals surface area contributed by atoms with Crippen LogP contribution >= 0.6 is 0 Å². The fourth-order valence-corrected chi connectivity index (χ4v) is 3.02. The predicted octanol–water partition coefficient (Wildman–Crippen LogP) is 2.92. The highest BCUT2D eigenvalue weighted by Gasteiger charge is 2.39. The number of aromatic nitrogens is 2. The number of aryl methyl sites for hydroxylation is 1. The Morgan fingerprint density at radius 3 is 2.63 bits per heavy atom. The molecular weight excluding hydrogens is 242 g/mol. The molecule has 2 heterocycles. The Bertz CT molecular complexity index is 462. The number of nitrogens with zero attached hydrogens (tertiary/aromatic N) is 3. The normalized spacial score (nSPS) is 24.5. The summed E-state index contributed by atoms with van der Waals surface area (Å²) in [5.74, 6) is 1.00. The maximum atomic E-state index is 11.4. The number of piperidine rings is 1. The third-order valence-electron chi connectivity index (χ3n) is 4.08. The molecule has 0 spiro atoms. The number of hydrogen-bond donors (Lipinski definition) is 1. The molecule has 1 aliphatic rings. The van der Waals surface area contributed by atoms with E-state index in [1.54, 1.807) is 4.90 Å². The first-order valence-corrected chi connectivity index (χ1v) is 6.79. The summed E-state index contributed by atoms with van der Waals surface area (Å²) < 4.78 is 2.18. The van der Waals surface area contributed by atoms with Crippen LogP contribution in [-0.2, 0) is 0 Å². The van der Waals surface area contributed by atoms with E-state index in [0.29, 0.717) is 12.6 Å². The van der Waals surface area contributed by atoms with Crippen molar-refractivity contribution in [3.8, 4) is 0 Å². The monoisotopic (exact) mass is 265 g/mol. The fraction of sp³-hybridized carbons (Fsp3) is 0.714. The van der Waals surface area contributed by atoms with Crippen molar-refractivity contribution in [2.24, 2.45) is 5.41 Å². The van der Waals surface area contributed by atoms with Crippen LogP contribution < -0.4 is 0 Å². The lowest BCUT2D eigenvalue weighted by molar-refractivity contribution is 0.0425. The average Bonchev–Trinajstić information content (AvgIpc) is 2.73. The van der Waals surface area contributed by atoms with Crippen LogP contribution in [0.15, 0.2) is 12.4 Å². The molecular formula is C14H23N3O2. The molecule has 0 aliphatic carbocycles. The van der Waals surface area contributed by atoms with Gasteiger partial charge in [0.1, 0.15) is 5.82 Å². The van der Waals surface area contributed by atoms with E-state index in [1.807, 2.05) is 19.3 Å². The van der Waals surface area contributed by atoms with Gasteiger partial charge in [-0.25, -0.2) is 9.78 Å². The van der Waals surface area contributed by atoms with Gasteiger partial charge in [-0.05, 0) is 25.2 Å². The highest BCUT2D eigenvalue weighted by Crippen LogP contribution is 2.36. The number of rotatable bonds is 1. The Labute approximate surface area is 114 Å². The summed E-state index contributed by atoms with van der Waals surface area (Å²) in [4.78, 5) is 17.2. The molecule has 1 fully saturated rings. The minimum absolute atomic E-state index is 0.0468. The summed E-state index contributed by atoms with van der Waals surface area (Å²) in [6, 6.07) is 0.396. The number of hydrogen-bond acceptors (Lipinski definition) is 2. The summed E-state index contributed by atoms with van der Waals surface area (Å²) in [5.41, 5.74) is -0.0501. The molecule has 106 valence electrons. The second-order valence-electron chi connectivity index (χ2n) is 6.42. The maximum absolute atomic E-state index is 11.4. The molecule has 5 nitrogen and oxygen atoms in total. The van der Waals surface area contributed by atoms with E-state index in [4.69, 9.17) is 0 Å². The van der Waals surface area contributed by atoms with Crippen molar-refractivity contribution in [2.75, 3.05) is 6.54 Å². The Kier molecular flexibility index (Phi) is 3.56. The van der Waals surface area contributed by atoms with Crippen molar-refractivity contribution in [3.05, 3.63) is 18.2 Å². The van der Waals surface area contributed by atoms with Gasteiger partial charge in [-0.1, -0.05) is 20.8 Å². The summed E-state index contributed by atoms with van der Waals surface area (Å²) in [6.45, 7) is 8.92. The van der Waals surface area contributed by atoms with Crippen LogP contribution in [0, 0.1) is 12.3 Å². The van der Waals surface area contributed by atoms with E-state index < -0.39 is 6.09 Å². The first kappa shape index (κ1) is 13.9. The number of likely N-dealkylation sites (tertiary alicyclic amines) is 1. The third kappa shape index (κ3) is 2.74. The minimum Gasteiger partial charge on any atom is -0.465 e. The van der Waals surface area contributed by atoms with Gasteiger partial charge >= 0.3 is 6.09 Å². The molecule has 1 saturated heterocycles. The molecule has 0 saturated carbocycles. The van der Waals surface area contributed by atoms with Gasteiger partial charge in [0.05, 0.1) is 0 Å². The van der Waals surface area contributed by atoms with Crippen molar-refractivity contribution in [1.29, 1.82) is 0 Å². The average molecular weight is 265 g/mol. The lowest BCUT2D eigenvalue weighted by Gasteiger charge is -2.45. The molecule has 19 heavy (non-hydrogen) atoms. The van der Waals surface area contributed by atoms with Crippen LogP contribution in [0.1, 0.15) is 45.5 Å². The van der Waals surface area contributed by atoms with E-state index in [-0.39, 0.29) is 11.5 Å². The molecule has 2 atom stereocenters. The van der Waals surface area contributed by atoms with Gasteiger partial charge in [0, 0.05) is 31.0 Å². The fourth-order valence-electron chi connectivity index (χ4n) is 3.02. The number of carboxylic acid groups (broad SMARTS) is 1. The van der Waals surface area contributed by atoms with Gasteiger partial charge in [0.15, 0.2) is 0 Å². The van der Waals surface area contributed by atoms with Gasteiger partial charge in [-0.15, -0.1) is 0 Å². The molecule has 2 unspecified atom stereocenters. The van der Waals surface area contributed by atoms with Crippen molar-refractivity contribution >= 4 is 6.09 Å². The first-order chi connectivity index (χ1) is 8.80. The van der Waals surface area contributed by atoms with Gasteiger partial charge < -0.3 is 14.6 Å². The van der Waals surface area contributed by atoms with Gasteiger partial charge in [-0.2, -0.15) is 0 Å². The van der Waals surface area contributed by atoms with Crippen molar-refractivity contribution in [2.45, 2.75) is 52.6 Å². The van der Waals surface area contributed by atoms with Crippen LogP contribution in [0.25, 0.3) is 0 Å². The zero-order valence-electron chi connectivity index (χ0n) is 12.1. The standard InChI is InChI=1S/C14H23N3O2/c1-10-15-6-8-16(10)11-5-7-17(13(18)19)12(9-11)14(2,3)4/h6,8,11-12H,5,7,9H2,1-4H3,(H,18,19). The van der Waals surface area contributed by atoms with Gasteiger partial charge in [-0.3, -0.25) is 0 Å². The molecule has 0 radical (unpaired) electrons. The molecule has 1 amide bonds. The summed E-state index contributed by atoms with van der Waals surface area (Å²) >= 11 is 0. The molecule has 1 aromatic heterocycles. The predicted molar refractivity (Wildman–Crippen MR) is 73.2 cm³/mol. The highest BCUT2D eigenvalue weighted by atomic mass is 16.4. The van der Waals surface area contributed by atoms with Gasteiger partial charge in [0.25, 0.3) is 0 Å². The van der Waals surface area contributed by atoms with Crippen molar-refractivity contribution < 1.29 is 9.90 Å². The quantitative estimate of drug-likeness (QED) is 0.849. The number of amides is 1. The molecule has 5 heteroatoms. The first-order valence-electron chi connectivity index (χ1n) is 6.79. The van der Waals surface area contributed by atoms with E-state index in [1.165, 1.54) is 0 Å². The number of carbonyl (C=O) groups is 1. The van der Waals surface area contributed by atoms with Crippen LogP contribution in [0.5, 0.6) is 0 Å². The minimum atomic E-state index is -0.805. The zero-order chi connectivity index (χ0) is 14.2. The molecule has 1 aromatic rings. The molecule has 1 aliphatic heterocycles. The lowest BCUT2D eigenvalue weighted by Crippen LogP contribution is -2.51. The zero-order valence-corrected chi connectivity index (χ0v) is 12.1. The van der Waals surface area contributed by atoms with Crippen molar-refractivity contribution in [1.82, 2.24) is 14.5 Å². The Balaban J connectivity index is 2.22. The molecule has 1 N–H and O–H groups in total. The largest absolute Gasteiger partial charge is 0.465 e. The maximum Gasteiger partial charge on any atom is 0.407 e. The second-order valence-corrected chi connectivity index (χ2v) is 6.42. The summed E-state index contributed by atoms with van der Waals surface area (Å²) in [7, 11) is 0. The molecule has 0 bridgehead atoms. The Hall–Kier alpha value is -1.52.